The summed E-state index contributed by atoms with van der Waals surface area (Å²) in [5, 5.41) is 3.65. The number of hydrogen-bond donors (Lipinski definition) is 1. The highest BCUT2D eigenvalue weighted by Gasteiger charge is 2.32. The molecule has 2 heterocycles. The molecule has 3 atom stereocenters. The normalized spacial score (nSPS) is 23.8. The van der Waals surface area contributed by atoms with Gasteiger partial charge in [0.05, 0.1) is 18.9 Å². The molecule has 0 radical (unpaired) electrons. The van der Waals surface area contributed by atoms with Crippen LogP contribution in [-0.2, 0) is 4.74 Å². The first kappa shape index (κ1) is 15.3. The van der Waals surface area contributed by atoms with E-state index in [2.05, 4.69) is 30.2 Å². The van der Waals surface area contributed by atoms with Crippen molar-refractivity contribution < 1.29 is 9.47 Å². The molecule has 0 aliphatic carbocycles. The highest BCUT2D eigenvalue weighted by molar-refractivity contribution is 5.27. The summed E-state index contributed by atoms with van der Waals surface area (Å²) in [7, 11) is 0. The van der Waals surface area contributed by atoms with Crippen LogP contribution in [-0.4, -0.2) is 30.8 Å². The van der Waals surface area contributed by atoms with Gasteiger partial charge in [0, 0.05) is 24.8 Å². The summed E-state index contributed by atoms with van der Waals surface area (Å²) in [6, 6.07) is 2.40. The number of aromatic nitrogens is 1. The molecule has 2 rings (SSSR count). The monoisotopic (exact) mass is 278 g/mol. The number of rotatable bonds is 7. The Morgan fingerprint density at radius 3 is 2.95 bits per heavy atom. The minimum absolute atomic E-state index is 0.292. The van der Waals surface area contributed by atoms with E-state index in [4.69, 9.17) is 9.47 Å². The molecule has 0 saturated carbocycles. The van der Waals surface area contributed by atoms with Gasteiger partial charge in [0.15, 0.2) is 0 Å². The molecule has 0 bridgehead atoms. The summed E-state index contributed by atoms with van der Waals surface area (Å²) < 4.78 is 11.3. The Balaban J connectivity index is 2.18. The molecular formula is C16H26N2O2. The topological polar surface area (TPSA) is 43.4 Å². The van der Waals surface area contributed by atoms with E-state index in [1.165, 1.54) is 5.56 Å². The van der Waals surface area contributed by atoms with E-state index in [1.54, 1.807) is 6.20 Å². The molecule has 1 saturated heterocycles. The minimum Gasteiger partial charge on any atom is -0.492 e. The van der Waals surface area contributed by atoms with Crippen molar-refractivity contribution in [3.63, 3.8) is 0 Å². The molecule has 0 spiro atoms. The van der Waals surface area contributed by atoms with Crippen LogP contribution in [0.15, 0.2) is 18.5 Å². The predicted molar refractivity (Wildman–Crippen MR) is 80.0 cm³/mol. The largest absolute Gasteiger partial charge is 0.492 e. The molecule has 20 heavy (non-hydrogen) atoms. The Hall–Kier alpha value is -1.13. The van der Waals surface area contributed by atoms with E-state index >= 15 is 0 Å². The van der Waals surface area contributed by atoms with Crippen molar-refractivity contribution in [1.29, 1.82) is 0 Å². The molecule has 1 N–H and O–H groups in total. The average molecular weight is 278 g/mol. The van der Waals surface area contributed by atoms with Crippen molar-refractivity contribution in [2.45, 2.75) is 45.8 Å². The molecule has 1 fully saturated rings. The summed E-state index contributed by atoms with van der Waals surface area (Å²) >= 11 is 0. The van der Waals surface area contributed by atoms with Crippen molar-refractivity contribution in [1.82, 2.24) is 10.3 Å². The van der Waals surface area contributed by atoms with Crippen LogP contribution < -0.4 is 10.1 Å². The second-order valence-corrected chi connectivity index (χ2v) is 5.35. The second kappa shape index (κ2) is 7.60. The van der Waals surface area contributed by atoms with Gasteiger partial charge >= 0.3 is 0 Å². The maximum absolute atomic E-state index is 5.73. The van der Waals surface area contributed by atoms with Crippen molar-refractivity contribution in [2.75, 3.05) is 19.8 Å². The summed E-state index contributed by atoms with van der Waals surface area (Å²) in [6.45, 7) is 8.88. The number of ether oxygens (including phenoxy) is 2. The molecule has 1 aliphatic heterocycles. The molecule has 3 unspecified atom stereocenters. The molecule has 0 aromatic carbocycles. The van der Waals surface area contributed by atoms with Crippen LogP contribution >= 0.6 is 0 Å². The van der Waals surface area contributed by atoms with E-state index in [0.717, 1.165) is 31.7 Å². The smallest absolute Gasteiger partial charge is 0.137 e. The van der Waals surface area contributed by atoms with Gasteiger partial charge in [-0.1, -0.05) is 6.92 Å². The van der Waals surface area contributed by atoms with Crippen LogP contribution in [0.1, 0.15) is 45.2 Å². The number of pyridine rings is 1. The molecule has 112 valence electrons. The summed E-state index contributed by atoms with van der Waals surface area (Å²) in [5.41, 5.74) is 1.20. The van der Waals surface area contributed by atoms with Gasteiger partial charge < -0.3 is 14.8 Å². The van der Waals surface area contributed by atoms with E-state index in [0.29, 0.717) is 24.7 Å². The third-order valence-electron chi connectivity index (χ3n) is 3.88. The van der Waals surface area contributed by atoms with Gasteiger partial charge in [-0.2, -0.15) is 0 Å². The highest BCUT2D eigenvalue weighted by Crippen LogP contribution is 2.34. The zero-order valence-corrected chi connectivity index (χ0v) is 12.8. The van der Waals surface area contributed by atoms with Gasteiger partial charge in [0.1, 0.15) is 5.75 Å². The average Bonchev–Trinajstić information content (AvgIpc) is 2.87. The van der Waals surface area contributed by atoms with E-state index in [-0.39, 0.29) is 0 Å². The molecule has 0 amide bonds. The molecule has 1 aromatic heterocycles. The quantitative estimate of drug-likeness (QED) is 0.833. The van der Waals surface area contributed by atoms with Crippen LogP contribution in [0.3, 0.4) is 0 Å². The Labute approximate surface area is 121 Å². The molecule has 1 aliphatic rings. The maximum atomic E-state index is 5.73. The van der Waals surface area contributed by atoms with Crippen LogP contribution in [0.25, 0.3) is 0 Å². The third kappa shape index (κ3) is 3.70. The Kier molecular flexibility index (Phi) is 5.80. The third-order valence-corrected chi connectivity index (χ3v) is 3.88. The zero-order chi connectivity index (χ0) is 14.4. The standard InChI is InChI=1S/C16H26N2O2/c1-4-7-18-16(15-6-8-20-12(15)3)13-9-14(19-5-2)11-17-10-13/h9-12,15-16,18H,4-8H2,1-3H3. The van der Waals surface area contributed by atoms with Gasteiger partial charge in [0.2, 0.25) is 0 Å². The lowest BCUT2D eigenvalue weighted by atomic mass is 9.89. The summed E-state index contributed by atoms with van der Waals surface area (Å²) in [5.74, 6) is 1.35. The maximum Gasteiger partial charge on any atom is 0.137 e. The fraction of sp³-hybridized carbons (Fsp3) is 0.688. The first-order valence-electron chi connectivity index (χ1n) is 7.69. The van der Waals surface area contributed by atoms with Gasteiger partial charge in [-0.15, -0.1) is 0 Å². The van der Waals surface area contributed by atoms with Crippen molar-refractivity contribution in [3.8, 4) is 5.75 Å². The van der Waals surface area contributed by atoms with E-state index < -0.39 is 0 Å². The highest BCUT2D eigenvalue weighted by atomic mass is 16.5. The van der Waals surface area contributed by atoms with Crippen LogP contribution in [0.4, 0.5) is 0 Å². The van der Waals surface area contributed by atoms with Gasteiger partial charge in [-0.3, -0.25) is 4.98 Å². The summed E-state index contributed by atoms with van der Waals surface area (Å²) in [4.78, 5) is 4.32. The SMILES string of the molecule is CCCNC(c1cncc(OCC)c1)C1CCOC1C. The first-order chi connectivity index (χ1) is 9.76. The summed E-state index contributed by atoms with van der Waals surface area (Å²) in [6.07, 6.45) is 6.23. The van der Waals surface area contributed by atoms with Crippen LogP contribution in [0.5, 0.6) is 5.75 Å². The molecule has 1 aromatic rings. The van der Waals surface area contributed by atoms with Gasteiger partial charge in [-0.05, 0) is 44.9 Å². The lowest BCUT2D eigenvalue weighted by molar-refractivity contribution is 0.0953. The van der Waals surface area contributed by atoms with E-state index in [1.807, 2.05) is 13.1 Å². The second-order valence-electron chi connectivity index (χ2n) is 5.35. The Bertz CT molecular complexity index is 411. The Morgan fingerprint density at radius 1 is 1.45 bits per heavy atom. The molecule has 4 nitrogen and oxygen atoms in total. The first-order valence-corrected chi connectivity index (χ1v) is 7.69. The number of nitrogens with zero attached hydrogens (tertiary/aromatic N) is 1. The lowest BCUT2D eigenvalue weighted by Crippen LogP contribution is -2.32. The predicted octanol–water partition coefficient (Wildman–Crippen LogP) is 2.95. The zero-order valence-electron chi connectivity index (χ0n) is 12.8. The van der Waals surface area contributed by atoms with E-state index in [9.17, 15) is 0 Å². The number of nitrogens with one attached hydrogen (secondary N) is 1. The fourth-order valence-electron chi connectivity index (χ4n) is 2.85. The molecular weight excluding hydrogens is 252 g/mol. The number of hydrogen-bond acceptors (Lipinski definition) is 4. The lowest BCUT2D eigenvalue weighted by Gasteiger charge is -2.27. The van der Waals surface area contributed by atoms with Crippen molar-refractivity contribution in [2.24, 2.45) is 5.92 Å². The van der Waals surface area contributed by atoms with Crippen LogP contribution in [0, 0.1) is 5.92 Å². The Morgan fingerprint density at radius 2 is 2.30 bits per heavy atom. The van der Waals surface area contributed by atoms with Crippen LogP contribution in [0.2, 0.25) is 0 Å². The minimum atomic E-state index is 0.292. The van der Waals surface area contributed by atoms with Crippen molar-refractivity contribution >= 4 is 0 Å². The fourth-order valence-corrected chi connectivity index (χ4v) is 2.85. The molecule has 4 heteroatoms. The van der Waals surface area contributed by atoms with Gasteiger partial charge in [-0.25, -0.2) is 0 Å². The van der Waals surface area contributed by atoms with Crippen molar-refractivity contribution in [3.05, 3.63) is 24.0 Å². The van der Waals surface area contributed by atoms with Gasteiger partial charge in [0.25, 0.3) is 0 Å².